The summed E-state index contributed by atoms with van der Waals surface area (Å²) in [6, 6.07) is 5.99. The molecule has 0 saturated heterocycles. The van der Waals surface area contributed by atoms with E-state index in [0.29, 0.717) is 16.3 Å². The van der Waals surface area contributed by atoms with E-state index >= 15 is 0 Å². The van der Waals surface area contributed by atoms with Gasteiger partial charge in [0.1, 0.15) is 6.26 Å². The van der Waals surface area contributed by atoms with E-state index in [2.05, 4.69) is 14.4 Å². The van der Waals surface area contributed by atoms with Crippen molar-refractivity contribution in [1.29, 1.82) is 0 Å². The van der Waals surface area contributed by atoms with Crippen molar-refractivity contribution in [3.05, 3.63) is 46.8 Å². The van der Waals surface area contributed by atoms with E-state index in [1.165, 1.54) is 18.4 Å². The molecule has 0 spiro atoms. The van der Waals surface area contributed by atoms with Crippen molar-refractivity contribution in [2.75, 3.05) is 0 Å². The van der Waals surface area contributed by atoms with Gasteiger partial charge in [-0.25, -0.2) is 13.1 Å². The lowest BCUT2D eigenvalue weighted by atomic mass is 10.2. The number of aromatic nitrogens is 1. The molecule has 102 valence electrons. The number of rotatable bonds is 5. The molecule has 0 aliphatic heterocycles. The molecule has 1 aromatic carbocycles. The van der Waals surface area contributed by atoms with E-state index in [0.717, 1.165) is 0 Å². The molecule has 0 aliphatic rings. The summed E-state index contributed by atoms with van der Waals surface area (Å²) < 4.78 is 31.1. The summed E-state index contributed by atoms with van der Waals surface area (Å²) in [4.78, 5) is 0.0817. The van der Waals surface area contributed by atoms with Crippen LogP contribution >= 0.6 is 11.6 Å². The number of halogens is 1. The van der Waals surface area contributed by atoms with Crippen molar-refractivity contribution >= 4 is 21.6 Å². The second-order valence-corrected chi connectivity index (χ2v) is 5.95. The Bertz CT molecular complexity index is 656. The lowest BCUT2D eigenvalue weighted by Gasteiger charge is -2.07. The Hall–Kier alpha value is -1.41. The lowest BCUT2D eigenvalue weighted by molar-refractivity contribution is 0.411. The van der Waals surface area contributed by atoms with Crippen LogP contribution < -0.4 is 10.5 Å². The van der Waals surface area contributed by atoms with Gasteiger partial charge in [0, 0.05) is 17.6 Å². The highest BCUT2D eigenvalue weighted by Crippen LogP contribution is 2.20. The summed E-state index contributed by atoms with van der Waals surface area (Å²) >= 11 is 5.94. The normalized spacial score (nSPS) is 11.7. The first-order chi connectivity index (χ1) is 9.03. The van der Waals surface area contributed by atoms with E-state index in [4.69, 9.17) is 17.3 Å². The predicted molar refractivity (Wildman–Crippen MR) is 69.9 cm³/mol. The van der Waals surface area contributed by atoms with Crippen LogP contribution in [0.25, 0.3) is 0 Å². The maximum atomic E-state index is 12.0. The van der Waals surface area contributed by atoms with Crippen LogP contribution in [0.3, 0.4) is 0 Å². The second-order valence-electron chi connectivity index (χ2n) is 3.77. The molecule has 0 radical (unpaired) electrons. The molecule has 0 aliphatic carbocycles. The molecular formula is C11H12ClN3O3S. The monoisotopic (exact) mass is 301 g/mol. The Morgan fingerprint density at radius 2 is 2.16 bits per heavy atom. The summed E-state index contributed by atoms with van der Waals surface area (Å²) in [6.07, 6.45) is 1.37. The molecule has 0 fully saturated rings. The fraction of sp³-hybridized carbons (Fsp3) is 0.182. The van der Waals surface area contributed by atoms with Gasteiger partial charge in [0.2, 0.25) is 10.0 Å². The van der Waals surface area contributed by atoms with Crippen LogP contribution in [0.15, 0.2) is 39.9 Å². The van der Waals surface area contributed by atoms with E-state index in [9.17, 15) is 8.42 Å². The van der Waals surface area contributed by atoms with Gasteiger partial charge in [-0.3, -0.25) is 0 Å². The molecule has 2 aromatic rings. The Morgan fingerprint density at radius 1 is 1.37 bits per heavy atom. The van der Waals surface area contributed by atoms with Gasteiger partial charge in [-0.2, -0.15) is 0 Å². The fourth-order valence-corrected chi connectivity index (χ4v) is 2.79. The minimum atomic E-state index is -3.64. The Labute approximate surface area is 115 Å². The standard InChI is InChI=1S/C11H12ClN3O3S/c12-11-5-10(2-1-8(11)6-13)19(16,17)14-7-9-3-4-18-15-9/h1-5,14H,6-7,13H2. The average Bonchev–Trinajstić information content (AvgIpc) is 2.89. The van der Waals surface area contributed by atoms with Crippen molar-refractivity contribution in [3.8, 4) is 0 Å². The third-order valence-corrected chi connectivity index (χ3v) is 4.24. The van der Waals surface area contributed by atoms with E-state index < -0.39 is 10.0 Å². The zero-order valence-corrected chi connectivity index (χ0v) is 11.4. The first kappa shape index (κ1) is 14.0. The van der Waals surface area contributed by atoms with Gasteiger partial charge in [0.25, 0.3) is 0 Å². The molecule has 2 rings (SSSR count). The highest BCUT2D eigenvalue weighted by Gasteiger charge is 2.15. The van der Waals surface area contributed by atoms with E-state index in [1.807, 2.05) is 0 Å². The Balaban J connectivity index is 2.17. The van der Waals surface area contributed by atoms with Crippen LogP contribution in [0.2, 0.25) is 5.02 Å². The zero-order chi connectivity index (χ0) is 13.9. The van der Waals surface area contributed by atoms with Gasteiger partial charge in [0.15, 0.2) is 0 Å². The van der Waals surface area contributed by atoms with Gasteiger partial charge in [0.05, 0.1) is 17.1 Å². The number of hydrogen-bond acceptors (Lipinski definition) is 5. The number of nitrogens with one attached hydrogen (secondary N) is 1. The van der Waals surface area contributed by atoms with Crippen molar-refractivity contribution in [3.63, 3.8) is 0 Å². The topological polar surface area (TPSA) is 98.2 Å². The molecule has 19 heavy (non-hydrogen) atoms. The molecule has 1 heterocycles. The molecule has 1 aromatic heterocycles. The van der Waals surface area contributed by atoms with E-state index in [-0.39, 0.29) is 18.0 Å². The van der Waals surface area contributed by atoms with Gasteiger partial charge in [-0.15, -0.1) is 0 Å². The average molecular weight is 302 g/mol. The number of hydrogen-bond donors (Lipinski definition) is 2. The minimum Gasteiger partial charge on any atom is -0.364 e. The maximum absolute atomic E-state index is 12.0. The van der Waals surface area contributed by atoms with Crippen molar-refractivity contribution in [2.45, 2.75) is 18.0 Å². The summed E-state index contributed by atoms with van der Waals surface area (Å²) in [5, 5.41) is 3.94. The first-order valence-corrected chi connectivity index (χ1v) is 7.26. The molecule has 0 bridgehead atoms. The van der Waals surface area contributed by atoms with Crippen molar-refractivity contribution in [1.82, 2.24) is 9.88 Å². The van der Waals surface area contributed by atoms with Crippen LogP contribution in [0.5, 0.6) is 0 Å². The van der Waals surface area contributed by atoms with Gasteiger partial charge in [-0.1, -0.05) is 22.8 Å². The SMILES string of the molecule is NCc1ccc(S(=O)(=O)NCc2ccon2)cc1Cl. The van der Waals surface area contributed by atoms with Crippen molar-refractivity contribution in [2.24, 2.45) is 5.73 Å². The number of nitrogens with zero attached hydrogens (tertiary/aromatic N) is 1. The Kier molecular flexibility index (Phi) is 4.20. The fourth-order valence-electron chi connectivity index (χ4n) is 1.44. The zero-order valence-electron chi connectivity index (χ0n) is 9.84. The molecule has 3 N–H and O–H groups in total. The number of benzene rings is 1. The van der Waals surface area contributed by atoms with Crippen LogP contribution in [0.4, 0.5) is 0 Å². The highest BCUT2D eigenvalue weighted by molar-refractivity contribution is 7.89. The summed E-state index contributed by atoms with van der Waals surface area (Å²) in [6.45, 7) is 0.306. The molecule has 0 atom stereocenters. The molecule has 0 amide bonds. The number of sulfonamides is 1. The second kappa shape index (κ2) is 5.70. The number of nitrogens with two attached hydrogens (primary N) is 1. The molecule has 0 unspecified atom stereocenters. The summed E-state index contributed by atoms with van der Waals surface area (Å²) in [7, 11) is -3.64. The third kappa shape index (κ3) is 3.32. The van der Waals surface area contributed by atoms with Crippen LogP contribution in [-0.4, -0.2) is 13.6 Å². The highest BCUT2D eigenvalue weighted by atomic mass is 35.5. The van der Waals surface area contributed by atoms with Crippen molar-refractivity contribution < 1.29 is 12.9 Å². The molecule has 6 nitrogen and oxygen atoms in total. The largest absolute Gasteiger partial charge is 0.364 e. The van der Waals surface area contributed by atoms with Gasteiger partial charge < -0.3 is 10.3 Å². The first-order valence-electron chi connectivity index (χ1n) is 5.40. The quantitative estimate of drug-likeness (QED) is 0.866. The molecule has 8 heteroatoms. The molecule has 0 saturated carbocycles. The smallest absolute Gasteiger partial charge is 0.240 e. The van der Waals surface area contributed by atoms with Crippen LogP contribution in [-0.2, 0) is 23.1 Å². The summed E-state index contributed by atoms with van der Waals surface area (Å²) in [5.74, 6) is 0. The lowest BCUT2D eigenvalue weighted by Crippen LogP contribution is -2.23. The Morgan fingerprint density at radius 3 is 2.74 bits per heavy atom. The van der Waals surface area contributed by atoms with Crippen LogP contribution in [0, 0.1) is 0 Å². The maximum Gasteiger partial charge on any atom is 0.240 e. The van der Waals surface area contributed by atoms with Crippen LogP contribution in [0.1, 0.15) is 11.3 Å². The summed E-state index contributed by atoms with van der Waals surface area (Å²) in [5.41, 5.74) is 6.65. The third-order valence-electron chi connectivity index (χ3n) is 2.49. The van der Waals surface area contributed by atoms with Gasteiger partial charge >= 0.3 is 0 Å². The molecular weight excluding hydrogens is 290 g/mol. The van der Waals surface area contributed by atoms with Gasteiger partial charge in [-0.05, 0) is 17.7 Å². The minimum absolute atomic E-state index is 0.0507. The predicted octanol–water partition coefficient (Wildman–Crippen LogP) is 1.27. The van der Waals surface area contributed by atoms with E-state index in [1.54, 1.807) is 12.1 Å².